The molecule has 6 heteroatoms. The van der Waals surface area contributed by atoms with Gasteiger partial charge in [0.25, 0.3) is 5.91 Å². The Morgan fingerprint density at radius 2 is 1.79 bits per heavy atom. The number of carbonyl (C=O) groups excluding carboxylic acids is 1. The van der Waals surface area contributed by atoms with E-state index in [0.717, 1.165) is 0 Å². The first-order chi connectivity index (χ1) is 8.97. The van der Waals surface area contributed by atoms with Crippen molar-refractivity contribution in [1.29, 1.82) is 0 Å². The summed E-state index contributed by atoms with van der Waals surface area (Å²) in [5.74, 6) is -0.784. The topological polar surface area (TPSA) is 55.1 Å². The smallest absolute Gasteiger partial charge is 0.255 e. The predicted molar refractivity (Wildman–Crippen MR) is 75.2 cm³/mol. The zero-order valence-electron chi connectivity index (χ0n) is 9.58. The lowest BCUT2D eigenvalue weighted by Crippen LogP contribution is -2.12. The molecule has 0 aliphatic rings. The molecule has 19 heavy (non-hydrogen) atoms. The summed E-state index contributed by atoms with van der Waals surface area (Å²) in [6, 6.07) is 8.24. The molecule has 2 aromatic carbocycles. The van der Waals surface area contributed by atoms with Gasteiger partial charge in [0.2, 0.25) is 0 Å². The normalized spacial score (nSPS) is 10.3. The van der Waals surface area contributed by atoms with Crippen molar-refractivity contribution in [2.75, 3.05) is 11.1 Å². The first-order valence-corrected chi connectivity index (χ1v) is 6.04. The van der Waals surface area contributed by atoms with Crippen molar-refractivity contribution in [3.63, 3.8) is 0 Å². The number of nitrogens with two attached hydrogens (primary N) is 1. The quantitative estimate of drug-likeness (QED) is 0.824. The van der Waals surface area contributed by atoms with Crippen LogP contribution in [0.25, 0.3) is 0 Å². The highest BCUT2D eigenvalue weighted by Crippen LogP contribution is 2.29. The van der Waals surface area contributed by atoms with Gasteiger partial charge in [-0.15, -0.1) is 0 Å². The van der Waals surface area contributed by atoms with Crippen molar-refractivity contribution in [2.24, 2.45) is 0 Å². The minimum Gasteiger partial charge on any atom is -0.397 e. The van der Waals surface area contributed by atoms with Crippen molar-refractivity contribution in [3.8, 4) is 0 Å². The van der Waals surface area contributed by atoms with Crippen LogP contribution in [0.3, 0.4) is 0 Å². The average molecular weight is 299 g/mol. The maximum atomic E-state index is 12.7. The number of nitrogen functional groups attached to an aromatic ring is 1. The summed E-state index contributed by atoms with van der Waals surface area (Å²) in [6.07, 6.45) is 0. The van der Waals surface area contributed by atoms with Gasteiger partial charge in [-0.25, -0.2) is 4.39 Å². The molecule has 0 bridgehead atoms. The van der Waals surface area contributed by atoms with Gasteiger partial charge in [-0.3, -0.25) is 4.79 Å². The number of nitrogens with one attached hydrogen (secondary N) is 1. The molecule has 98 valence electrons. The van der Waals surface area contributed by atoms with Crippen LogP contribution in [0.5, 0.6) is 0 Å². The lowest BCUT2D eigenvalue weighted by Gasteiger charge is -2.08. The zero-order chi connectivity index (χ0) is 14.0. The third-order valence-electron chi connectivity index (χ3n) is 2.42. The fourth-order valence-corrected chi connectivity index (χ4v) is 1.81. The van der Waals surface area contributed by atoms with Crippen LogP contribution in [0.2, 0.25) is 10.0 Å². The van der Waals surface area contributed by atoms with Crippen LogP contribution in [0, 0.1) is 5.82 Å². The van der Waals surface area contributed by atoms with Crippen molar-refractivity contribution < 1.29 is 9.18 Å². The number of carbonyl (C=O) groups is 1. The van der Waals surface area contributed by atoms with Crippen LogP contribution in [-0.2, 0) is 0 Å². The molecule has 1 amide bonds. The van der Waals surface area contributed by atoms with Gasteiger partial charge in [-0.1, -0.05) is 23.2 Å². The number of hydrogen-bond donors (Lipinski definition) is 2. The molecule has 0 saturated heterocycles. The van der Waals surface area contributed by atoms with Gasteiger partial charge >= 0.3 is 0 Å². The molecule has 0 saturated carbocycles. The fraction of sp³-hybridized carbons (Fsp3) is 0. The third-order valence-corrected chi connectivity index (χ3v) is 3.24. The predicted octanol–water partition coefficient (Wildman–Crippen LogP) is 3.97. The van der Waals surface area contributed by atoms with Crippen molar-refractivity contribution >= 4 is 40.5 Å². The fourth-order valence-electron chi connectivity index (χ4n) is 1.48. The highest BCUT2D eigenvalue weighted by Gasteiger charge is 2.11. The molecule has 2 rings (SSSR count). The Labute approximate surface area is 119 Å². The van der Waals surface area contributed by atoms with E-state index in [2.05, 4.69) is 5.32 Å². The summed E-state index contributed by atoms with van der Waals surface area (Å²) in [7, 11) is 0. The molecule has 3 N–H and O–H groups in total. The van der Waals surface area contributed by atoms with Crippen LogP contribution in [0.4, 0.5) is 15.8 Å². The van der Waals surface area contributed by atoms with E-state index in [1.54, 1.807) is 0 Å². The summed E-state index contributed by atoms with van der Waals surface area (Å²) >= 11 is 11.6. The van der Waals surface area contributed by atoms with E-state index in [4.69, 9.17) is 28.9 Å². The molecule has 3 nitrogen and oxygen atoms in total. The Morgan fingerprint density at radius 1 is 1.16 bits per heavy atom. The third kappa shape index (κ3) is 3.16. The Hall–Kier alpha value is -1.78. The molecule has 0 aliphatic heterocycles. The van der Waals surface area contributed by atoms with E-state index in [9.17, 15) is 9.18 Å². The van der Waals surface area contributed by atoms with Crippen molar-refractivity contribution in [1.82, 2.24) is 0 Å². The minimum absolute atomic E-state index is 0.200. The number of halogens is 3. The second-order valence-corrected chi connectivity index (χ2v) is 4.61. The number of rotatable bonds is 2. The molecule has 0 radical (unpaired) electrons. The first-order valence-electron chi connectivity index (χ1n) is 5.29. The number of benzene rings is 2. The van der Waals surface area contributed by atoms with E-state index < -0.39 is 5.91 Å². The Bertz CT molecular complexity index is 606. The Kier molecular flexibility index (Phi) is 3.93. The van der Waals surface area contributed by atoms with Gasteiger partial charge in [-0.05, 0) is 36.4 Å². The summed E-state index contributed by atoms with van der Waals surface area (Å²) < 4.78 is 12.7. The van der Waals surface area contributed by atoms with Gasteiger partial charge in [-0.2, -0.15) is 0 Å². The van der Waals surface area contributed by atoms with Gasteiger partial charge in [0.1, 0.15) is 5.82 Å². The Morgan fingerprint density at radius 3 is 2.37 bits per heavy atom. The maximum absolute atomic E-state index is 12.7. The molecular weight excluding hydrogens is 290 g/mol. The van der Waals surface area contributed by atoms with E-state index in [1.165, 1.54) is 36.4 Å². The van der Waals surface area contributed by atoms with Crippen LogP contribution in [-0.4, -0.2) is 5.91 Å². The molecule has 0 fully saturated rings. The maximum Gasteiger partial charge on any atom is 0.255 e. The number of amides is 1. The Balaban J connectivity index is 2.23. The molecule has 2 aromatic rings. The molecule has 0 aliphatic carbocycles. The molecule has 0 spiro atoms. The summed E-state index contributed by atoms with van der Waals surface area (Å²) in [5.41, 5.74) is 6.59. The van der Waals surface area contributed by atoms with Gasteiger partial charge in [0.05, 0.1) is 15.7 Å². The summed E-state index contributed by atoms with van der Waals surface area (Å²) in [4.78, 5) is 12.0. The van der Waals surface area contributed by atoms with Gasteiger partial charge < -0.3 is 11.1 Å². The summed E-state index contributed by atoms with van der Waals surface area (Å²) in [5, 5.41) is 3.00. The second kappa shape index (κ2) is 5.47. The van der Waals surface area contributed by atoms with Gasteiger partial charge in [0, 0.05) is 11.3 Å². The van der Waals surface area contributed by atoms with Crippen LogP contribution in [0.15, 0.2) is 36.4 Å². The average Bonchev–Trinajstić information content (AvgIpc) is 2.38. The molecule has 0 atom stereocenters. The van der Waals surface area contributed by atoms with Gasteiger partial charge in [0.15, 0.2) is 0 Å². The lowest BCUT2D eigenvalue weighted by atomic mass is 10.2. The molecule has 0 unspecified atom stereocenters. The largest absolute Gasteiger partial charge is 0.397 e. The second-order valence-electron chi connectivity index (χ2n) is 3.82. The molecular formula is C13H9Cl2FN2O. The highest BCUT2D eigenvalue weighted by molar-refractivity contribution is 6.44. The number of anilines is 2. The lowest BCUT2D eigenvalue weighted by molar-refractivity contribution is 0.102. The standard InChI is InChI=1S/C13H9Cl2FN2O/c14-10-5-7(6-11(17)12(10)15)13(19)18-9-3-1-8(16)2-4-9/h1-6H,17H2,(H,18,19). The van der Waals surface area contributed by atoms with Crippen LogP contribution in [0.1, 0.15) is 10.4 Å². The van der Waals surface area contributed by atoms with Crippen LogP contribution >= 0.6 is 23.2 Å². The number of hydrogen-bond acceptors (Lipinski definition) is 2. The summed E-state index contributed by atoms with van der Waals surface area (Å²) in [6.45, 7) is 0. The monoisotopic (exact) mass is 298 g/mol. The highest BCUT2D eigenvalue weighted by atomic mass is 35.5. The SMILES string of the molecule is Nc1cc(C(=O)Nc2ccc(F)cc2)cc(Cl)c1Cl. The van der Waals surface area contributed by atoms with E-state index in [1.807, 2.05) is 0 Å². The van der Waals surface area contributed by atoms with E-state index in [0.29, 0.717) is 5.69 Å². The molecule has 0 heterocycles. The van der Waals surface area contributed by atoms with E-state index in [-0.39, 0.29) is 27.1 Å². The van der Waals surface area contributed by atoms with Crippen molar-refractivity contribution in [3.05, 3.63) is 57.8 Å². The minimum atomic E-state index is -0.406. The molecule has 0 aromatic heterocycles. The van der Waals surface area contributed by atoms with Crippen LogP contribution < -0.4 is 11.1 Å². The van der Waals surface area contributed by atoms with Crippen molar-refractivity contribution in [2.45, 2.75) is 0 Å². The zero-order valence-corrected chi connectivity index (χ0v) is 11.1. The van der Waals surface area contributed by atoms with E-state index >= 15 is 0 Å². The first kappa shape index (κ1) is 13.6.